The van der Waals surface area contributed by atoms with E-state index >= 15 is 0 Å². The van der Waals surface area contributed by atoms with Crippen molar-refractivity contribution in [3.05, 3.63) is 68.5 Å². The lowest BCUT2D eigenvalue weighted by Crippen LogP contribution is -2.22. The SMILES string of the molecule is O=C(COC(=O)c1ccc([N+](=O)[O-])cc1Cl)Nc1ccc(F)c(F)c1F. The number of hydrogen-bond donors (Lipinski definition) is 1. The van der Waals surface area contributed by atoms with Crippen LogP contribution >= 0.6 is 11.6 Å². The first kappa shape index (κ1) is 19.2. The third-order valence-electron chi connectivity index (χ3n) is 3.03. The number of esters is 1. The van der Waals surface area contributed by atoms with Crippen LogP contribution in [0.2, 0.25) is 5.02 Å². The Balaban J connectivity index is 2.00. The van der Waals surface area contributed by atoms with Crippen molar-refractivity contribution in [3.63, 3.8) is 0 Å². The van der Waals surface area contributed by atoms with Crippen molar-refractivity contribution >= 4 is 34.9 Å². The molecule has 0 saturated carbocycles. The van der Waals surface area contributed by atoms with E-state index in [9.17, 15) is 32.9 Å². The van der Waals surface area contributed by atoms with E-state index in [1.807, 2.05) is 5.32 Å². The fourth-order valence-electron chi connectivity index (χ4n) is 1.80. The summed E-state index contributed by atoms with van der Waals surface area (Å²) in [4.78, 5) is 33.3. The summed E-state index contributed by atoms with van der Waals surface area (Å²) >= 11 is 5.73. The molecule has 0 fully saturated rings. The molecule has 7 nitrogen and oxygen atoms in total. The summed E-state index contributed by atoms with van der Waals surface area (Å²) in [5.41, 5.74) is -1.22. The van der Waals surface area contributed by atoms with Crippen molar-refractivity contribution in [1.29, 1.82) is 0 Å². The summed E-state index contributed by atoms with van der Waals surface area (Å²) in [6, 6.07) is 4.38. The van der Waals surface area contributed by atoms with Crippen LogP contribution in [0.25, 0.3) is 0 Å². The molecule has 1 N–H and O–H groups in total. The number of carbonyl (C=O) groups is 2. The number of ether oxygens (including phenoxy) is 1. The van der Waals surface area contributed by atoms with Crippen LogP contribution in [0.5, 0.6) is 0 Å². The lowest BCUT2D eigenvalue weighted by Gasteiger charge is -2.08. The highest BCUT2D eigenvalue weighted by atomic mass is 35.5. The van der Waals surface area contributed by atoms with E-state index in [0.717, 1.165) is 24.3 Å². The van der Waals surface area contributed by atoms with Crippen LogP contribution in [0.1, 0.15) is 10.4 Å². The van der Waals surface area contributed by atoms with E-state index in [-0.39, 0.29) is 16.3 Å². The number of benzene rings is 2. The molecule has 0 spiro atoms. The van der Waals surface area contributed by atoms with E-state index in [1.165, 1.54) is 0 Å². The second-order valence-corrected chi connectivity index (χ2v) is 5.18. The molecule has 0 aliphatic carbocycles. The van der Waals surface area contributed by atoms with Gasteiger partial charge in [0, 0.05) is 12.1 Å². The molecule has 1 amide bonds. The molecule has 0 aromatic heterocycles. The quantitative estimate of drug-likeness (QED) is 0.366. The van der Waals surface area contributed by atoms with Gasteiger partial charge in [-0.3, -0.25) is 14.9 Å². The van der Waals surface area contributed by atoms with E-state index < -0.39 is 46.5 Å². The van der Waals surface area contributed by atoms with Crippen LogP contribution in [-0.4, -0.2) is 23.4 Å². The smallest absolute Gasteiger partial charge is 0.340 e. The maximum Gasteiger partial charge on any atom is 0.340 e. The van der Waals surface area contributed by atoms with Crippen LogP contribution in [0, 0.1) is 27.6 Å². The van der Waals surface area contributed by atoms with Gasteiger partial charge >= 0.3 is 5.97 Å². The van der Waals surface area contributed by atoms with Crippen LogP contribution in [0.4, 0.5) is 24.5 Å². The normalized spacial score (nSPS) is 10.3. The number of carbonyl (C=O) groups excluding carboxylic acids is 2. The third kappa shape index (κ3) is 4.28. The molecule has 26 heavy (non-hydrogen) atoms. The Hall–Kier alpha value is -3.14. The summed E-state index contributed by atoms with van der Waals surface area (Å²) in [6.07, 6.45) is 0. The number of non-ortho nitro benzene ring substituents is 1. The van der Waals surface area contributed by atoms with Gasteiger partial charge in [0.25, 0.3) is 11.6 Å². The molecule has 0 saturated heterocycles. The maximum atomic E-state index is 13.4. The standard InChI is InChI=1S/C15H8ClF3N2O5/c16-9-5-7(21(24)25)1-2-8(9)15(23)26-6-12(22)20-11-4-3-10(17)13(18)14(11)19/h1-5H,6H2,(H,20,22). The summed E-state index contributed by atoms with van der Waals surface area (Å²) < 4.78 is 43.9. The fourth-order valence-corrected chi connectivity index (χ4v) is 2.05. The van der Waals surface area contributed by atoms with Crippen LogP contribution in [-0.2, 0) is 9.53 Å². The zero-order valence-corrected chi connectivity index (χ0v) is 13.4. The van der Waals surface area contributed by atoms with Gasteiger partial charge < -0.3 is 10.1 Å². The number of rotatable bonds is 5. The first-order valence-electron chi connectivity index (χ1n) is 6.75. The fraction of sp³-hybridized carbons (Fsp3) is 0.0667. The molecule has 0 aliphatic rings. The minimum Gasteiger partial charge on any atom is -0.452 e. The highest BCUT2D eigenvalue weighted by Crippen LogP contribution is 2.23. The van der Waals surface area contributed by atoms with E-state index in [2.05, 4.69) is 4.74 Å². The molecule has 11 heteroatoms. The minimum absolute atomic E-state index is 0.232. The highest BCUT2D eigenvalue weighted by Gasteiger charge is 2.19. The predicted molar refractivity (Wildman–Crippen MR) is 83.3 cm³/mol. The van der Waals surface area contributed by atoms with Crippen molar-refractivity contribution in [3.8, 4) is 0 Å². The number of nitro groups is 1. The van der Waals surface area contributed by atoms with Crippen molar-refractivity contribution in [2.24, 2.45) is 0 Å². The molecule has 136 valence electrons. The van der Waals surface area contributed by atoms with Gasteiger partial charge in [-0.2, -0.15) is 0 Å². The maximum absolute atomic E-state index is 13.4. The van der Waals surface area contributed by atoms with Crippen molar-refractivity contribution in [2.45, 2.75) is 0 Å². The Morgan fingerprint density at radius 3 is 2.46 bits per heavy atom. The topological polar surface area (TPSA) is 98.5 Å². The number of nitrogens with one attached hydrogen (secondary N) is 1. The summed E-state index contributed by atoms with van der Waals surface area (Å²) in [5, 5.41) is 12.2. The number of amides is 1. The second kappa shape index (κ2) is 7.83. The Labute approximate surface area is 148 Å². The van der Waals surface area contributed by atoms with Gasteiger partial charge in [-0.1, -0.05) is 11.6 Å². The molecule has 0 heterocycles. The Morgan fingerprint density at radius 1 is 1.15 bits per heavy atom. The number of hydrogen-bond acceptors (Lipinski definition) is 5. The van der Waals surface area contributed by atoms with Gasteiger partial charge in [-0.25, -0.2) is 18.0 Å². The first-order valence-corrected chi connectivity index (χ1v) is 7.13. The average Bonchev–Trinajstić information content (AvgIpc) is 2.60. The molecule has 2 aromatic rings. The Kier molecular flexibility index (Phi) is 5.78. The second-order valence-electron chi connectivity index (χ2n) is 4.77. The summed E-state index contributed by atoms with van der Waals surface area (Å²) in [6.45, 7) is -0.884. The number of nitro benzene ring substituents is 1. The lowest BCUT2D eigenvalue weighted by molar-refractivity contribution is -0.384. The Bertz CT molecular complexity index is 907. The molecule has 2 rings (SSSR count). The summed E-state index contributed by atoms with van der Waals surface area (Å²) in [7, 11) is 0. The first-order chi connectivity index (χ1) is 12.2. The van der Waals surface area contributed by atoms with Crippen LogP contribution in [0.15, 0.2) is 30.3 Å². The van der Waals surface area contributed by atoms with Crippen LogP contribution in [0.3, 0.4) is 0 Å². The predicted octanol–water partition coefficient (Wildman–Crippen LogP) is 3.46. The number of anilines is 1. The highest BCUT2D eigenvalue weighted by molar-refractivity contribution is 6.33. The zero-order chi connectivity index (χ0) is 19.4. The molecule has 0 aliphatic heterocycles. The van der Waals surface area contributed by atoms with Crippen LogP contribution < -0.4 is 5.32 Å². The molecule has 0 unspecified atom stereocenters. The Morgan fingerprint density at radius 2 is 1.85 bits per heavy atom. The van der Waals surface area contributed by atoms with Gasteiger partial charge in [0.1, 0.15) is 0 Å². The monoisotopic (exact) mass is 388 g/mol. The van der Waals surface area contributed by atoms with Gasteiger partial charge in [-0.05, 0) is 18.2 Å². The number of nitrogens with zero attached hydrogens (tertiary/aromatic N) is 1. The van der Waals surface area contributed by atoms with Crippen molar-refractivity contribution in [1.82, 2.24) is 0 Å². The van der Waals surface area contributed by atoms with E-state index in [4.69, 9.17) is 11.6 Å². The molecule has 2 aromatic carbocycles. The van der Waals surface area contributed by atoms with E-state index in [0.29, 0.717) is 6.07 Å². The largest absolute Gasteiger partial charge is 0.452 e. The zero-order valence-electron chi connectivity index (χ0n) is 12.6. The van der Waals surface area contributed by atoms with E-state index in [1.54, 1.807) is 0 Å². The lowest BCUT2D eigenvalue weighted by atomic mass is 10.2. The molecular weight excluding hydrogens is 381 g/mol. The minimum atomic E-state index is -1.77. The summed E-state index contributed by atoms with van der Waals surface area (Å²) in [5.74, 6) is -6.90. The van der Waals surface area contributed by atoms with Crippen molar-refractivity contribution < 1.29 is 32.4 Å². The van der Waals surface area contributed by atoms with Gasteiger partial charge in [-0.15, -0.1) is 0 Å². The molecule has 0 radical (unpaired) electrons. The molecule has 0 atom stereocenters. The number of halogens is 4. The molecule has 0 bridgehead atoms. The van der Waals surface area contributed by atoms with Gasteiger partial charge in [0.15, 0.2) is 24.1 Å². The average molecular weight is 389 g/mol. The van der Waals surface area contributed by atoms with Crippen molar-refractivity contribution in [2.75, 3.05) is 11.9 Å². The molecular formula is C15H8ClF3N2O5. The van der Waals surface area contributed by atoms with Gasteiger partial charge in [0.2, 0.25) is 0 Å². The third-order valence-corrected chi connectivity index (χ3v) is 3.34. The van der Waals surface area contributed by atoms with Gasteiger partial charge in [0.05, 0.1) is 21.2 Å².